The van der Waals surface area contributed by atoms with Crippen molar-refractivity contribution in [2.45, 2.75) is 32.5 Å². The van der Waals surface area contributed by atoms with Crippen LogP contribution in [0, 0.1) is 0 Å². The van der Waals surface area contributed by atoms with Gasteiger partial charge in [0.25, 0.3) is 0 Å². The molecule has 0 aromatic heterocycles. The first kappa shape index (κ1) is 10.8. The van der Waals surface area contributed by atoms with Crippen molar-refractivity contribution in [3.63, 3.8) is 0 Å². The molecule has 11 heavy (non-hydrogen) atoms. The molecule has 1 aliphatic heterocycles. The minimum atomic E-state index is -0.729. The number of hydrogen-bond donors (Lipinski definition) is 1. The van der Waals surface area contributed by atoms with Crippen molar-refractivity contribution in [1.29, 1.82) is 0 Å². The number of alkyl halides is 1. The fourth-order valence-electron chi connectivity index (χ4n) is 1.23. The van der Waals surface area contributed by atoms with Gasteiger partial charge in [0.1, 0.15) is 6.17 Å². The molecule has 1 aliphatic rings. The first-order chi connectivity index (χ1) is 5.24. The van der Waals surface area contributed by atoms with E-state index in [0.717, 1.165) is 0 Å². The molecule has 0 aliphatic carbocycles. The zero-order chi connectivity index (χ0) is 8.85. The van der Waals surface area contributed by atoms with Gasteiger partial charge in [-0.1, -0.05) is 13.8 Å². The summed E-state index contributed by atoms with van der Waals surface area (Å²) in [5.74, 6) is 0. The summed E-state index contributed by atoms with van der Waals surface area (Å²) in [5, 5.41) is 8.65. The minimum Gasteiger partial charge on any atom is -0.395 e. The van der Waals surface area contributed by atoms with Crippen LogP contribution < -0.4 is 0 Å². The van der Waals surface area contributed by atoms with E-state index in [1.165, 1.54) is 0 Å². The van der Waals surface area contributed by atoms with Crippen molar-refractivity contribution in [3.05, 3.63) is 0 Å². The molecule has 3 heteroatoms. The maximum absolute atomic E-state index is 12.5. The van der Waals surface area contributed by atoms with Crippen LogP contribution in [0.15, 0.2) is 0 Å². The highest BCUT2D eigenvalue weighted by molar-refractivity contribution is 4.81. The summed E-state index contributed by atoms with van der Waals surface area (Å²) in [7, 11) is 1.83. The molecule has 0 amide bonds. The molecule has 0 bridgehead atoms. The largest absolute Gasteiger partial charge is 0.395 e. The van der Waals surface area contributed by atoms with Crippen molar-refractivity contribution < 1.29 is 9.50 Å². The Morgan fingerprint density at radius 3 is 2.27 bits per heavy atom. The Morgan fingerprint density at radius 1 is 1.55 bits per heavy atom. The van der Waals surface area contributed by atoms with Crippen LogP contribution >= 0.6 is 0 Å². The maximum Gasteiger partial charge on any atom is 0.114 e. The second-order valence-corrected chi connectivity index (χ2v) is 2.61. The fraction of sp³-hybridized carbons (Fsp3) is 1.00. The molecule has 1 rings (SSSR count). The summed E-state index contributed by atoms with van der Waals surface area (Å²) < 4.78 is 12.5. The molecule has 1 N–H and O–H groups in total. The number of likely N-dealkylation sites (tertiary alicyclic amines) is 1. The third kappa shape index (κ3) is 3.16. The molecule has 0 spiro atoms. The van der Waals surface area contributed by atoms with Gasteiger partial charge in [-0.05, 0) is 13.5 Å². The highest BCUT2D eigenvalue weighted by atomic mass is 19.1. The lowest BCUT2D eigenvalue weighted by molar-refractivity contribution is 0.182. The molecule has 1 fully saturated rings. The number of hydrogen-bond acceptors (Lipinski definition) is 2. The molecule has 1 heterocycles. The average molecular weight is 163 g/mol. The molecule has 2 nitrogen and oxygen atoms in total. The van der Waals surface area contributed by atoms with Gasteiger partial charge < -0.3 is 5.11 Å². The van der Waals surface area contributed by atoms with Crippen LogP contribution in [0.3, 0.4) is 0 Å². The predicted octanol–water partition coefficient (Wildman–Crippen LogP) is 1.05. The van der Waals surface area contributed by atoms with Gasteiger partial charge in [0, 0.05) is 12.6 Å². The second kappa shape index (κ2) is 5.49. The Labute approximate surface area is 68.0 Å². The second-order valence-electron chi connectivity index (χ2n) is 2.61. The van der Waals surface area contributed by atoms with Crippen LogP contribution in [-0.4, -0.2) is 42.4 Å². The number of halogens is 1. The maximum atomic E-state index is 12.5. The van der Waals surface area contributed by atoms with E-state index in [2.05, 4.69) is 0 Å². The Hall–Kier alpha value is -0.150. The summed E-state index contributed by atoms with van der Waals surface area (Å²) in [6.45, 7) is 4.56. The standard InChI is InChI=1S/C6H12FNO.C2H6/c1-8-3-5(7)2-6(8)4-9;1-2/h5-6,9H,2-4H2,1H3;1-2H3. The Morgan fingerprint density at radius 2 is 2.09 bits per heavy atom. The van der Waals surface area contributed by atoms with Gasteiger partial charge in [-0.15, -0.1) is 0 Å². The Kier molecular flexibility index (Phi) is 5.42. The fourth-order valence-corrected chi connectivity index (χ4v) is 1.23. The number of likely N-dealkylation sites (N-methyl/N-ethyl adjacent to an activating group) is 1. The van der Waals surface area contributed by atoms with Gasteiger partial charge in [0.05, 0.1) is 6.61 Å². The van der Waals surface area contributed by atoms with Gasteiger partial charge in [-0.2, -0.15) is 0 Å². The highest BCUT2D eigenvalue weighted by Gasteiger charge is 2.28. The van der Waals surface area contributed by atoms with Crippen molar-refractivity contribution in [2.24, 2.45) is 0 Å². The molecule has 0 aromatic carbocycles. The number of nitrogens with zero attached hydrogens (tertiary/aromatic N) is 1. The smallest absolute Gasteiger partial charge is 0.114 e. The van der Waals surface area contributed by atoms with Gasteiger partial charge in [0.15, 0.2) is 0 Å². The zero-order valence-electron chi connectivity index (χ0n) is 7.55. The molecule has 0 aromatic rings. The molecule has 0 radical (unpaired) electrons. The third-order valence-electron chi connectivity index (χ3n) is 1.85. The third-order valence-corrected chi connectivity index (χ3v) is 1.85. The number of aliphatic hydroxyl groups excluding tert-OH is 1. The van der Waals surface area contributed by atoms with Gasteiger partial charge in [-0.3, -0.25) is 4.90 Å². The Bertz CT molecular complexity index is 100. The first-order valence-corrected chi connectivity index (χ1v) is 4.19. The average Bonchev–Trinajstić information content (AvgIpc) is 2.33. The molecule has 2 unspecified atom stereocenters. The topological polar surface area (TPSA) is 23.5 Å². The quantitative estimate of drug-likeness (QED) is 0.624. The van der Waals surface area contributed by atoms with Gasteiger partial charge >= 0.3 is 0 Å². The van der Waals surface area contributed by atoms with Crippen molar-refractivity contribution >= 4 is 0 Å². The van der Waals surface area contributed by atoms with Crippen molar-refractivity contribution in [2.75, 3.05) is 20.2 Å². The van der Waals surface area contributed by atoms with Crippen LogP contribution in [0.5, 0.6) is 0 Å². The van der Waals surface area contributed by atoms with Gasteiger partial charge in [-0.25, -0.2) is 4.39 Å². The predicted molar refractivity (Wildman–Crippen MR) is 44.4 cm³/mol. The van der Waals surface area contributed by atoms with Crippen molar-refractivity contribution in [3.8, 4) is 0 Å². The van der Waals surface area contributed by atoms with E-state index >= 15 is 0 Å². The van der Waals surface area contributed by atoms with Crippen LogP contribution in [0.1, 0.15) is 20.3 Å². The number of aliphatic hydroxyl groups is 1. The van der Waals surface area contributed by atoms with E-state index in [-0.39, 0.29) is 12.6 Å². The zero-order valence-corrected chi connectivity index (χ0v) is 7.55. The molecule has 2 atom stereocenters. The van der Waals surface area contributed by atoms with E-state index in [0.29, 0.717) is 13.0 Å². The summed E-state index contributed by atoms with van der Waals surface area (Å²) in [4.78, 5) is 1.85. The van der Waals surface area contributed by atoms with E-state index < -0.39 is 6.17 Å². The molecule has 0 saturated carbocycles. The van der Waals surface area contributed by atoms with Crippen LogP contribution in [0.2, 0.25) is 0 Å². The van der Waals surface area contributed by atoms with Gasteiger partial charge in [0.2, 0.25) is 0 Å². The van der Waals surface area contributed by atoms with Crippen LogP contribution in [0.4, 0.5) is 4.39 Å². The molecular formula is C8H18FNO. The number of rotatable bonds is 1. The SMILES string of the molecule is CC.CN1CC(F)CC1CO. The minimum absolute atomic E-state index is 0.0556. The van der Waals surface area contributed by atoms with E-state index in [1.807, 2.05) is 25.8 Å². The summed E-state index contributed by atoms with van der Waals surface area (Å²) in [5.41, 5.74) is 0. The summed E-state index contributed by atoms with van der Waals surface area (Å²) in [6, 6.07) is 0.0556. The lowest BCUT2D eigenvalue weighted by Gasteiger charge is -2.14. The molecule has 68 valence electrons. The first-order valence-electron chi connectivity index (χ1n) is 4.19. The van der Waals surface area contributed by atoms with E-state index in [4.69, 9.17) is 5.11 Å². The van der Waals surface area contributed by atoms with E-state index in [9.17, 15) is 4.39 Å². The summed E-state index contributed by atoms with van der Waals surface area (Å²) >= 11 is 0. The molecule has 1 saturated heterocycles. The normalized spacial score (nSPS) is 31.4. The lowest BCUT2D eigenvalue weighted by atomic mass is 10.2. The monoisotopic (exact) mass is 163 g/mol. The highest BCUT2D eigenvalue weighted by Crippen LogP contribution is 2.17. The van der Waals surface area contributed by atoms with Crippen LogP contribution in [-0.2, 0) is 0 Å². The van der Waals surface area contributed by atoms with Crippen molar-refractivity contribution in [1.82, 2.24) is 4.90 Å². The van der Waals surface area contributed by atoms with E-state index in [1.54, 1.807) is 0 Å². The Balaban J connectivity index is 0.000000461. The lowest BCUT2D eigenvalue weighted by Crippen LogP contribution is -2.27. The summed E-state index contributed by atoms with van der Waals surface area (Å²) in [6.07, 6.45) is -0.236. The van der Waals surface area contributed by atoms with Crippen LogP contribution in [0.25, 0.3) is 0 Å². The molecular weight excluding hydrogens is 145 g/mol.